The smallest absolute Gasteiger partial charge is 0.209 e. The fourth-order valence-corrected chi connectivity index (χ4v) is 8.87. The molecular weight excluding hydrogens is 540 g/mol. The van der Waals surface area contributed by atoms with E-state index in [0.29, 0.717) is 8.96 Å². The first kappa shape index (κ1) is 16.5. The summed E-state index contributed by atoms with van der Waals surface area (Å²) in [6.45, 7) is 0. The summed E-state index contributed by atoms with van der Waals surface area (Å²) in [6.07, 6.45) is 2.65. The number of ether oxygens (including phenoxy) is 2. The van der Waals surface area contributed by atoms with Crippen LogP contribution < -0.4 is 0 Å². The zero-order chi connectivity index (χ0) is 15.8. The minimum absolute atomic E-state index is 0.131. The lowest BCUT2D eigenvalue weighted by Gasteiger charge is -2.41. The summed E-state index contributed by atoms with van der Waals surface area (Å²) in [5.74, 6) is -2.75. The van der Waals surface area contributed by atoms with Gasteiger partial charge in [-0.3, -0.25) is 9.59 Å². The first-order valence-electron chi connectivity index (χ1n) is 6.04. The molecule has 0 spiro atoms. The third kappa shape index (κ3) is 1.48. The number of halogens is 4. The highest BCUT2D eigenvalue weighted by atomic mass is 79.9. The lowest BCUT2D eigenvalue weighted by molar-refractivity contribution is -0.214. The van der Waals surface area contributed by atoms with Crippen molar-refractivity contribution in [1.29, 1.82) is 0 Å². The van der Waals surface area contributed by atoms with Gasteiger partial charge in [0.05, 0.1) is 11.8 Å². The molecular formula is C13H10Br4O4. The summed E-state index contributed by atoms with van der Waals surface area (Å²) >= 11 is 14.4. The van der Waals surface area contributed by atoms with Crippen molar-refractivity contribution in [3.63, 3.8) is 0 Å². The van der Waals surface area contributed by atoms with Gasteiger partial charge in [-0.2, -0.15) is 0 Å². The van der Waals surface area contributed by atoms with E-state index in [0.717, 1.165) is 0 Å². The second-order valence-corrected chi connectivity index (χ2v) is 9.26. The second kappa shape index (κ2) is 4.83. The first-order valence-corrected chi connectivity index (χ1v) is 9.21. The van der Waals surface area contributed by atoms with Crippen LogP contribution in [-0.2, 0) is 19.1 Å². The quantitative estimate of drug-likeness (QED) is 0.392. The Labute approximate surface area is 155 Å². The zero-order valence-electron chi connectivity index (χ0n) is 11.0. The Morgan fingerprint density at radius 3 is 1.52 bits per heavy atom. The van der Waals surface area contributed by atoms with E-state index in [1.54, 1.807) is 0 Å². The van der Waals surface area contributed by atoms with Crippen molar-refractivity contribution >= 4 is 75.3 Å². The van der Waals surface area contributed by atoms with Crippen LogP contribution in [0.15, 0.2) is 21.1 Å². The molecule has 3 aliphatic carbocycles. The van der Waals surface area contributed by atoms with E-state index in [4.69, 9.17) is 9.47 Å². The molecule has 0 amide bonds. The van der Waals surface area contributed by atoms with Gasteiger partial charge in [-0.15, -0.1) is 0 Å². The highest BCUT2D eigenvalue weighted by Crippen LogP contribution is 2.76. The number of methoxy groups -OCH3 is 2. The van der Waals surface area contributed by atoms with Crippen LogP contribution in [0.4, 0.5) is 0 Å². The van der Waals surface area contributed by atoms with Gasteiger partial charge in [0.1, 0.15) is 8.65 Å². The molecule has 0 aliphatic heterocycles. The van der Waals surface area contributed by atoms with Gasteiger partial charge < -0.3 is 9.47 Å². The van der Waals surface area contributed by atoms with E-state index in [1.165, 1.54) is 26.4 Å². The molecule has 21 heavy (non-hydrogen) atoms. The van der Waals surface area contributed by atoms with Gasteiger partial charge in [0.15, 0.2) is 11.6 Å². The Morgan fingerprint density at radius 1 is 0.905 bits per heavy atom. The van der Waals surface area contributed by atoms with E-state index < -0.39 is 26.3 Å². The molecule has 8 heteroatoms. The van der Waals surface area contributed by atoms with Crippen molar-refractivity contribution in [2.75, 3.05) is 14.2 Å². The molecule has 114 valence electrons. The molecule has 0 aromatic heterocycles. The van der Waals surface area contributed by atoms with Gasteiger partial charge in [0.2, 0.25) is 5.79 Å². The van der Waals surface area contributed by atoms with Gasteiger partial charge in [-0.05, 0) is 12.2 Å². The van der Waals surface area contributed by atoms with Gasteiger partial charge in [-0.25, -0.2) is 0 Å². The number of fused-ring (bicyclic) bond motifs is 5. The number of carbonyl (C=O) groups is 2. The Hall–Kier alpha value is 0.660. The average Bonchev–Trinajstić information content (AvgIpc) is 2.72. The number of alkyl halides is 2. The van der Waals surface area contributed by atoms with Crippen LogP contribution in [0.25, 0.3) is 0 Å². The number of hydrogen-bond donors (Lipinski definition) is 0. The van der Waals surface area contributed by atoms with Crippen LogP contribution in [0.1, 0.15) is 0 Å². The molecule has 0 saturated heterocycles. The largest absolute Gasteiger partial charge is 0.350 e. The Morgan fingerprint density at radius 2 is 1.24 bits per heavy atom. The molecule has 0 radical (unpaired) electrons. The van der Waals surface area contributed by atoms with Crippen molar-refractivity contribution in [2.45, 2.75) is 14.4 Å². The molecule has 0 aromatic carbocycles. The minimum atomic E-state index is -1.25. The summed E-state index contributed by atoms with van der Waals surface area (Å²) in [5.41, 5.74) is 0. The fourth-order valence-electron chi connectivity index (χ4n) is 3.78. The minimum Gasteiger partial charge on any atom is -0.350 e. The molecule has 3 rings (SSSR count). The number of rotatable bonds is 2. The van der Waals surface area contributed by atoms with E-state index in [2.05, 4.69) is 63.7 Å². The molecule has 0 unspecified atom stereocenters. The van der Waals surface area contributed by atoms with Gasteiger partial charge in [0.25, 0.3) is 0 Å². The van der Waals surface area contributed by atoms with E-state index in [1.807, 2.05) is 0 Å². The molecule has 4 nitrogen and oxygen atoms in total. The van der Waals surface area contributed by atoms with Crippen LogP contribution in [0, 0.1) is 11.8 Å². The molecule has 4 atom stereocenters. The van der Waals surface area contributed by atoms with Crippen molar-refractivity contribution in [3.05, 3.63) is 21.1 Å². The van der Waals surface area contributed by atoms with E-state index >= 15 is 0 Å². The Balaban J connectivity index is 2.39. The number of carbonyl (C=O) groups excluding carboxylic acids is 2. The van der Waals surface area contributed by atoms with Gasteiger partial charge >= 0.3 is 0 Å². The molecule has 3 aliphatic rings. The second-order valence-electron chi connectivity index (χ2n) is 5.17. The summed E-state index contributed by atoms with van der Waals surface area (Å²) < 4.78 is 10.9. The normalized spacial score (nSPS) is 43.7. The van der Waals surface area contributed by atoms with Crippen molar-refractivity contribution < 1.29 is 19.1 Å². The lowest BCUT2D eigenvalue weighted by atomic mass is 9.74. The van der Waals surface area contributed by atoms with Crippen LogP contribution >= 0.6 is 63.7 Å². The summed E-state index contributed by atoms with van der Waals surface area (Å²) in [6, 6.07) is 0. The molecule has 1 fully saturated rings. The molecule has 0 aromatic rings. The first-order chi connectivity index (χ1) is 9.74. The highest BCUT2D eigenvalue weighted by molar-refractivity contribution is 9.16. The molecule has 1 saturated carbocycles. The van der Waals surface area contributed by atoms with Crippen LogP contribution in [0.2, 0.25) is 0 Å². The zero-order valence-corrected chi connectivity index (χ0v) is 17.3. The van der Waals surface area contributed by atoms with Crippen LogP contribution in [0.5, 0.6) is 0 Å². The standard InChI is InChI=1S/C13H10Br4O4/c1-20-13(21-2)11(16)7-5(18)3-4-6(19)8(7)12(13,17)10(15)9(11)14/h3-4,7-8H,1-2H3/t7-,8-,11-,12-/m0/s1. The van der Waals surface area contributed by atoms with Crippen LogP contribution in [0.3, 0.4) is 0 Å². The van der Waals surface area contributed by atoms with Crippen molar-refractivity contribution in [2.24, 2.45) is 11.8 Å². The topological polar surface area (TPSA) is 52.6 Å². The number of ketones is 2. The Kier molecular flexibility index (Phi) is 3.80. The summed E-state index contributed by atoms with van der Waals surface area (Å²) in [7, 11) is 3.00. The van der Waals surface area contributed by atoms with E-state index in [9.17, 15) is 9.59 Å². The maximum Gasteiger partial charge on any atom is 0.209 e. The summed E-state index contributed by atoms with van der Waals surface area (Å²) in [5, 5.41) is 0. The SMILES string of the molecule is COC1(OC)[C@@]2(Br)C(Br)=C(Br)[C@@]1(Br)[C@H]1C(=O)C=CC(=O)[C@@H]12. The van der Waals surface area contributed by atoms with Crippen molar-refractivity contribution in [1.82, 2.24) is 0 Å². The van der Waals surface area contributed by atoms with E-state index in [-0.39, 0.29) is 11.6 Å². The maximum absolute atomic E-state index is 12.5. The fraction of sp³-hybridized carbons (Fsp3) is 0.538. The van der Waals surface area contributed by atoms with Crippen molar-refractivity contribution in [3.8, 4) is 0 Å². The number of hydrogen-bond acceptors (Lipinski definition) is 4. The van der Waals surface area contributed by atoms with Crippen LogP contribution in [-0.4, -0.2) is 40.2 Å². The molecule has 2 bridgehead atoms. The Bertz CT molecular complexity index is 576. The number of allylic oxidation sites excluding steroid dienone is 2. The van der Waals surface area contributed by atoms with Gasteiger partial charge in [0, 0.05) is 23.2 Å². The monoisotopic (exact) mass is 546 g/mol. The highest BCUT2D eigenvalue weighted by Gasteiger charge is 2.85. The lowest BCUT2D eigenvalue weighted by Crippen LogP contribution is -2.57. The van der Waals surface area contributed by atoms with Gasteiger partial charge in [-0.1, -0.05) is 63.7 Å². The molecule has 0 N–H and O–H groups in total. The summed E-state index contributed by atoms with van der Waals surface area (Å²) in [4.78, 5) is 24.9. The predicted molar refractivity (Wildman–Crippen MR) is 91.1 cm³/mol. The average molecular weight is 550 g/mol. The third-order valence-electron chi connectivity index (χ3n) is 4.58. The molecule has 0 heterocycles. The predicted octanol–water partition coefficient (Wildman–Crippen LogP) is 3.21. The maximum atomic E-state index is 12.5. The third-order valence-corrected chi connectivity index (χ3v) is 11.0.